The number of fused-ring (bicyclic) bond motifs is 2. The molecule has 1 atom stereocenters. The summed E-state index contributed by atoms with van der Waals surface area (Å²) in [4.78, 5) is 15.1. The number of amides is 1. The van der Waals surface area contributed by atoms with Crippen molar-refractivity contribution in [3.05, 3.63) is 83.4 Å². The first kappa shape index (κ1) is 18.9. The van der Waals surface area contributed by atoms with Crippen molar-refractivity contribution in [3.63, 3.8) is 0 Å². The molecule has 1 unspecified atom stereocenters. The summed E-state index contributed by atoms with van der Waals surface area (Å²) in [7, 11) is 1.86. The third-order valence-electron chi connectivity index (χ3n) is 6.00. The minimum Gasteiger partial charge on any atom is -0.488 e. The van der Waals surface area contributed by atoms with Crippen molar-refractivity contribution in [3.8, 4) is 5.75 Å². The van der Waals surface area contributed by atoms with Crippen LogP contribution in [0.5, 0.6) is 5.75 Å². The first-order valence-corrected chi connectivity index (χ1v) is 10.5. The Balaban J connectivity index is 1.40. The van der Waals surface area contributed by atoms with Crippen molar-refractivity contribution >= 4 is 22.3 Å². The molecule has 4 nitrogen and oxygen atoms in total. The van der Waals surface area contributed by atoms with Crippen LogP contribution in [0.1, 0.15) is 27.9 Å². The zero-order chi connectivity index (χ0) is 20.5. The number of likely N-dealkylation sites (N-methyl/N-ethyl adjacent to an activating group) is 1. The largest absolute Gasteiger partial charge is 0.488 e. The number of ether oxygens (including phenoxy) is 2. The lowest BCUT2D eigenvalue weighted by Gasteiger charge is -2.22. The van der Waals surface area contributed by atoms with E-state index in [9.17, 15) is 4.79 Å². The highest BCUT2D eigenvalue weighted by Crippen LogP contribution is 2.32. The molecule has 0 fully saturated rings. The monoisotopic (exact) mass is 399 g/mol. The second-order valence-corrected chi connectivity index (χ2v) is 8.00. The highest BCUT2D eigenvalue weighted by Gasteiger charge is 2.26. The fourth-order valence-corrected chi connectivity index (χ4v) is 4.50. The van der Waals surface area contributed by atoms with Gasteiger partial charge in [-0.15, -0.1) is 0 Å². The minimum atomic E-state index is -0.00529. The minimum absolute atomic E-state index is 0.00529. The van der Waals surface area contributed by atoms with Gasteiger partial charge >= 0.3 is 0 Å². The average molecular weight is 399 g/mol. The van der Waals surface area contributed by atoms with Crippen molar-refractivity contribution in [2.75, 3.05) is 26.8 Å². The Morgan fingerprint density at radius 2 is 1.87 bits per heavy atom. The standard InChI is InChI=1S/C26H25NO3/c1-27(17-20-16-19-6-2-3-11-25(19)30-20)26(28)24-10-5-8-22-21(7-4-9-23(22)24)18-12-14-29-15-13-18/h2-12,20H,13-17H2,1H3. The number of hydrogen-bond acceptors (Lipinski definition) is 3. The van der Waals surface area contributed by atoms with Crippen LogP contribution < -0.4 is 4.74 Å². The van der Waals surface area contributed by atoms with Crippen LogP contribution in [0.3, 0.4) is 0 Å². The van der Waals surface area contributed by atoms with Crippen LogP contribution in [0.2, 0.25) is 0 Å². The van der Waals surface area contributed by atoms with E-state index in [1.54, 1.807) is 4.90 Å². The lowest BCUT2D eigenvalue weighted by Crippen LogP contribution is -2.36. The van der Waals surface area contributed by atoms with E-state index in [4.69, 9.17) is 9.47 Å². The van der Waals surface area contributed by atoms with E-state index in [0.29, 0.717) is 13.2 Å². The smallest absolute Gasteiger partial charge is 0.254 e. The van der Waals surface area contributed by atoms with Gasteiger partial charge in [0.2, 0.25) is 0 Å². The highest BCUT2D eigenvalue weighted by atomic mass is 16.5. The van der Waals surface area contributed by atoms with Gasteiger partial charge < -0.3 is 14.4 Å². The number of rotatable bonds is 4. The predicted octanol–water partition coefficient (Wildman–Crippen LogP) is 4.72. The lowest BCUT2D eigenvalue weighted by molar-refractivity contribution is 0.0732. The molecule has 30 heavy (non-hydrogen) atoms. The van der Waals surface area contributed by atoms with Crippen molar-refractivity contribution < 1.29 is 14.3 Å². The molecule has 0 radical (unpaired) electrons. The topological polar surface area (TPSA) is 38.8 Å². The van der Waals surface area contributed by atoms with Gasteiger partial charge in [0.15, 0.2) is 0 Å². The summed E-state index contributed by atoms with van der Waals surface area (Å²) < 4.78 is 11.5. The maximum atomic E-state index is 13.3. The van der Waals surface area contributed by atoms with Crippen molar-refractivity contribution in [1.82, 2.24) is 4.90 Å². The molecule has 0 N–H and O–H groups in total. The molecule has 0 spiro atoms. The Kier molecular flexibility index (Phi) is 5.01. The van der Waals surface area contributed by atoms with Gasteiger partial charge in [0.25, 0.3) is 5.91 Å². The van der Waals surface area contributed by atoms with Crippen LogP contribution in [-0.2, 0) is 11.2 Å². The molecule has 4 heteroatoms. The summed E-state index contributed by atoms with van der Waals surface area (Å²) in [5.74, 6) is 0.959. The van der Waals surface area contributed by atoms with E-state index in [1.165, 1.54) is 16.7 Å². The molecule has 2 aliphatic heterocycles. The zero-order valence-corrected chi connectivity index (χ0v) is 17.1. The van der Waals surface area contributed by atoms with E-state index in [1.807, 2.05) is 49.5 Å². The third-order valence-corrected chi connectivity index (χ3v) is 6.00. The second-order valence-electron chi connectivity index (χ2n) is 8.00. The summed E-state index contributed by atoms with van der Waals surface area (Å²) >= 11 is 0. The molecule has 3 aromatic carbocycles. The van der Waals surface area contributed by atoms with Crippen molar-refractivity contribution in [2.24, 2.45) is 0 Å². The molecule has 0 saturated heterocycles. The molecule has 152 valence electrons. The molecule has 0 bridgehead atoms. The van der Waals surface area contributed by atoms with E-state index in [2.05, 4.69) is 24.3 Å². The van der Waals surface area contributed by atoms with Gasteiger partial charge in [-0.05, 0) is 46.0 Å². The Bertz CT molecular complexity index is 1110. The fraction of sp³-hybridized carbons (Fsp3) is 0.269. The Morgan fingerprint density at radius 1 is 1.03 bits per heavy atom. The number of nitrogens with zero attached hydrogens (tertiary/aromatic N) is 1. The van der Waals surface area contributed by atoms with Gasteiger partial charge in [0.1, 0.15) is 11.9 Å². The Hall–Kier alpha value is -3.11. The van der Waals surface area contributed by atoms with E-state index >= 15 is 0 Å². The molecule has 2 heterocycles. The maximum Gasteiger partial charge on any atom is 0.254 e. The molecule has 0 saturated carbocycles. The highest BCUT2D eigenvalue weighted by molar-refractivity contribution is 6.09. The summed E-state index contributed by atoms with van der Waals surface area (Å²) in [5, 5.41) is 2.12. The zero-order valence-electron chi connectivity index (χ0n) is 17.1. The Labute approximate surface area is 176 Å². The number of carbonyl (C=O) groups excluding carboxylic acids is 1. The van der Waals surface area contributed by atoms with Gasteiger partial charge in [0, 0.05) is 19.0 Å². The number of benzene rings is 3. The molecule has 0 aromatic heterocycles. The first-order valence-electron chi connectivity index (χ1n) is 10.5. The Morgan fingerprint density at radius 3 is 2.70 bits per heavy atom. The third kappa shape index (κ3) is 3.48. The van der Waals surface area contributed by atoms with Crippen molar-refractivity contribution in [1.29, 1.82) is 0 Å². The summed E-state index contributed by atoms with van der Waals surface area (Å²) in [6.07, 6.45) is 3.88. The SMILES string of the molecule is CN(CC1Cc2ccccc2O1)C(=O)c1cccc2c(C3=CCOCC3)cccc12. The summed E-state index contributed by atoms with van der Waals surface area (Å²) in [5.41, 5.74) is 4.44. The fourth-order valence-electron chi connectivity index (χ4n) is 4.50. The quantitative estimate of drug-likeness (QED) is 0.637. The number of carbonyl (C=O) groups is 1. The molecular weight excluding hydrogens is 374 g/mol. The molecule has 2 aliphatic rings. The molecular formula is C26H25NO3. The van der Waals surface area contributed by atoms with Crippen LogP contribution in [0.15, 0.2) is 66.7 Å². The van der Waals surface area contributed by atoms with E-state index in [-0.39, 0.29) is 12.0 Å². The van der Waals surface area contributed by atoms with Gasteiger partial charge in [-0.25, -0.2) is 0 Å². The van der Waals surface area contributed by atoms with E-state index < -0.39 is 0 Å². The molecule has 3 aromatic rings. The molecule has 5 rings (SSSR count). The van der Waals surface area contributed by atoms with Gasteiger partial charge in [-0.3, -0.25) is 4.79 Å². The van der Waals surface area contributed by atoms with Gasteiger partial charge in [0.05, 0.1) is 19.8 Å². The van der Waals surface area contributed by atoms with E-state index in [0.717, 1.165) is 41.5 Å². The number of para-hydroxylation sites is 1. The lowest BCUT2D eigenvalue weighted by atomic mass is 9.93. The number of hydrogen-bond donors (Lipinski definition) is 0. The van der Waals surface area contributed by atoms with Crippen LogP contribution in [-0.4, -0.2) is 43.7 Å². The van der Waals surface area contributed by atoms with Crippen LogP contribution in [0.25, 0.3) is 16.3 Å². The molecule has 0 aliphatic carbocycles. The summed E-state index contributed by atoms with van der Waals surface area (Å²) in [6.45, 7) is 1.95. The van der Waals surface area contributed by atoms with Gasteiger partial charge in [-0.2, -0.15) is 0 Å². The average Bonchev–Trinajstić information content (AvgIpc) is 3.20. The predicted molar refractivity (Wildman–Crippen MR) is 119 cm³/mol. The van der Waals surface area contributed by atoms with Crippen LogP contribution in [0, 0.1) is 0 Å². The van der Waals surface area contributed by atoms with Gasteiger partial charge in [-0.1, -0.05) is 54.6 Å². The second kappa shape index (κ2) is 7.96. The first-order chi connectivity index (χ1) is 14.7. The van der Waals surface area contributed by atoms with Crippen LogP contribution >= 0.6 is 0 Å². The normalized spacial score (nSPS) is 17.9. The molecule has 1 amide bonds. The van der Waals surface area contributed by atoms with Crippen molar-refractivity contribution in [2.45, 2.75) is 18.9 Å². The maximum absolute atomic E-state index is 13.3. The summed E-state index contributed by atoms with van der Waals surface area (Å²) in [6, 6.07) is 20.3. The van der Waals surface area contributed by atoms with Crippen LogP contribution in [0.4, 0.5) is 0 Å².